The molecule has 0 saturated carbocycles. The average Bonchev–Trinajstić information content (AvgIpc) is 3.77. The summed E-state index contributed by atoms with van der Waals surface area (Å²) in [7, 11) is 0. The molecule has 0 bridgehead atoms. The van der Waals surface area contributed by atoms with Crippen LogP contribution in [-0.2, 0) is 5.41 Å². The first-order valence-corrected chi connectivity index (χ1v) is 18.9. The third kappa shape index (κ3) is 3.80. The van der Waals surface area contributed by atoms with E-state index in [9.17, 15) is 0 Å². The van der Waals surface area contributed by atoms with Gasteiger partial charge in [-0.25, -0.2) is 0 Å². The lowest BCUT2D eigenvalue weighted by Gasteiger charge is -2.49. The van der Waals surface area contributed by atoms with Crippen LogP contribution in [0.4, 0.5) is 17.1 Å². The van der Waals surface area contributed by atoms with E-state index in [2.05, 4.69) is 179 Å². The minimum Gasteiger partial charge on any atom is -0.456 e. The van der Waals surface area contributed by atoms with Crippen molar-refractivity contribution in [2.75, 3.05) is 4.90 Å². The first-order valence-electron chi connectivity index (χ1n) is 18.1. The van der Waals surface area contributed by atoms with Gasteiger partial charge in [0, 0.05) is 42.7 Å². The minimum atomic E-state index is -0.540. The fraction of sp³-hybridized carbons (Fsp3) is 0.0204. The zero-order chi connectivity index (χ0) is 34.7. The number of para-hydroxylation sites is 5. The summed E-state index contributed by atoms with van der Waals surface area (Å²) >= 11 is 1.91. The van der Waals surface area contributed by atoms with Crippen molar-refractivity contribution < 1.29 is 4.42 Å². The predicted octanol–water partition coefficient (Wildman–Crippen LogP) is 13.3. The van der Waals surface area contributed by atoms with Gasteiger partial charge in [0.1, 0.15) is 11.2 Å². The van der Waals surface area contributed by atoms with E-state index >= 15 is 0 Å². The molecule has 2 aliphatic heterocycles. The molecule has 0 N–H and O–H groups in total. The number of benzene rings is 8. The smallest absolute Gasteiger partial charge is 0.135 e. The maximum absolute atomic E-state index is 6.25. The maximum atomic E-state index is 6.25. The van der Waals surface area contributed by atoms with E-state index in [0.717, 1.165) is 33.3 Å². The highest BCUT2D eigenvalue weighted by molar-refractivity contribution is 7.99. The fourth-order valence-corrected chi connectivity index (χ4v) is 10.7. The van der Waals surface area contributed by atoms with Crippen LogP contribution in [0.15, 0.2) is 196 Å². The van der Waals surface area contributed by atoms with Gasteiger partial charge >= 0.3 is 0 Å². The van der Waals surface area contributed by atoms with Crippen LogP contribution in [0.5, 0.6) is 0 Å². The van der Waals surface area contributed by atoms with Crippen LogP contribution in [0.2, 0.25) is 0 Å². The molecule has 2 aromatic heterocycles. The largest absolute Gasteiger partial charge is 0.456 e. The van der Waals surface area contributed by atoms with Crippen LogP contribution < -0.4 is 4.90 Å². The molecule has 0 unspecified atom stereocenters. The lowest BCUT2D eigenvalue weighted by molar-refractivity contribution is 0.669. The predicted molar refractivity (Wildman–Crippen MR) is 219 cm³/mol. The second kappa shape index (κ2) is 10.8. The molecule has 0 fully saturated rings. The van der Waals surface area contributed by atoms with Gasteiger partial charge in [0.2, 0.25) is 0 Å². The number of fused-ring (bicyclic) bond motifs is 15. The first kappa shape index (κ1) is 29.1. The summed E-state index contributed by atoms with van der Waals surface area (Å²) < 4.78 is 8.69. The van der Waals surface area contributed by atoms with Crippen molar-refractivity contribution in [2.45, 2.75) is 15.2 Å². The number of nitrogens with zero attached hydrogens (tertiary/aromatic N) is 2. The van der Waals surface area contributed by atoms with Gasteiger partial charge in [-0.2, -0.15) is 0 Å². The fourth-order valence-electron chi connectivity index (χ4n) is 9.36. The summed E-state index contributed by atoms with van der Waals surface area (Å²) in [4.78, 5) is 5.04. The molecule has 53 heavy (non-hydrogen) atoms. The molecule has 2 aliphatic rings. The third-order valence-electron chi connectivity index (χ3n) is 11.4. The van der Waals surface area contributed by atoms with Crippen LogP contribution in [-0.4, -0.2) is 4.57 Å². The van der Waals surface area contributed by atoms with Crippen LogP contribution in [0, 0.1) is 0 Å². The summed E-state index contributed by atoms with van der Waals surface area (Å²) in [6, 6.07) is 66.6. The highest BCUT2D eigenvalue weighted by atomic mass is 32.2. The van der Waals surface area contributed by atoms with Crippen molar-refractivity contribution in [1.82, 2.24) is 4.57 Å². The number of anilines is 3. The lowest BCUT2D eigenvalue weighted by atomic mass is 9.62. The minimum absolute atomic E-state index is 0.540. The van der Waals surface area contributed by atoms with E-state index < -0.39 is 5.41 Å². The molecule has 10 aromatic rings. The molecule has 4 heterocycles. The highest BCUT2D eigenvalue weighted by Crippen LogP contribution is 2.64. The van der Waals surface area contributed by atoms with Gasteiger partial charge in [-0.05, 0) is 89.0 Å². The second-order valence-corrected chi connectivity index (χ2v) is 15.1. The Morgan fingerprint density at radius 1 is 0.434 bits per heavy atom. The molecule has 248 valence electrons. The number of rotatable bonds is 2. The van der Waals surface area contributed by atoms with E-state index in [1.165, 1.54) is 65.2 Å². The maximum Gasteiger partial charge on any atom is 0.135 e. The van der Waals surface area contributed by atoms with E-state index in [4.69, 9.17) is 4.42 Å². The third-order valence-corrected chi connectivity index (χ3v) is 12.6. The summed E-state index contributed by atoms with van der Waals surface area (Å²) in [5, 5.41) is 4.80. The molecule has 4 heteroatoms. The van der Waals surface area contributed by atoms with Crippen molar-refractivity contribution in [1.29, 1.82) is 0 Å². The van der Waals surface area contributed by atoms with Crippen molar-refractivity contribution in [3.8, 4) is 5.69 Å². The number of hydrogen-bond donors (Lipinski definition) is 0. The Morgan fingerprint density at radius 3 is 1.89 bits per heavy atom. The Balaban J connectivity index is 1.20. The zero-order valence-corrected chi connectivity index (χ0v) is 29.3. The highest BCUT2D eigenvalue weighted by Gasteiger charge is 2.50. The Kier molecular flexibility index (Phi) is 5.92. The van der Waals surface area contributed by atoms with E-state index in [0.29, 0.717) is 0 Å². The van der Waals surface area contributed by atoms with Gasteiger partial charge in [-0.1, -0.05) is 127 Å². The molecule has 0 radical (unpaired) electrons. The molecule has 0 atom stereocenters. The van der Waals surface area contributed by atoms with Gasteiger partial charge in [-0.15, -0.1) is 0 Å². The Labute approximate surface area is 310 Å². The number of aromatic nitrogens is 1. The number of hydrogen-bond acceptors (Lipinski definition) is 3. The summed E-state index contributed by atoms with van der Waals surface area (Å²) in [6.45, 7) is 0. The van der Waals surface area contributed by atoms with Crippen molar-refractivity contribution >= 4 is 72.6 Å². The molecule has 12 rings (SSSR count). The quantitative estimate of drug-likeness (QED) is 0.180. The molecule has 3 nitrogen and oxygen atoms in total. The number of furan rings is 1. The summed E-state index contributed by atoms with van der Waals surface area (Å²) in [5.74, 6) is 0. The monoisotopic (exact) mass is 694 g/mol. The van der Waals surface area contributed by atoms with Crippen molar-refractivity contribution in [3.63, 3.8) is 0 Å². The van der Waals surface area contributed by atoms with Crippen molar-refractivity contribution in [3.05, 3.63) is 204 Å². The second-order valence-electron chi connectivity index (χ2n) is 14.0. The van der Waals surface area contributed by atoms with Gasteiger partial charge in [-0.3, -0.25) is 0 Å². The van der Waals surface area contributed by atoms with E-state index in [1.54, 1.807) is 0 Å². The molecule has 8 aromatic carbocycles. The summed E-state index contributed by atoms with van der Waals surface area (Å²) in [6.07, 6.45) is 0. The van der Waals surface area contributed by atoms with E-state index in [1.807, 2.05) is 23.9 Å². The summed E-state index contributed by atoms with van der Waals surface area (Å²) in [5.41, 5.74) is 13.6. The lowest BCUT2D eigenvalue weighted by Crippen LogP contribution is -2.39. The van der Waals surface area contributed by atoms with Gasteiger partial charge < -0.3 is 13.9 Å². The van der Waals surface area contributed by atoms with E-state index in [-0.39, 0.29) is 0 Å². The molecule has 0 aliphatic carbocycles. The van der Waals surface area contributed by atoms with Crippen LogP contribution >= 0.6 is 11.8 Å². The first-order chi connectivity index (χ1) is 26.3. The molecule has 0 saturated heterocycles. The Bertz CT molecular complexity index is 3070. The SMILES string of the molecule is c1ccc(N2c3ccccc3C3(c4ccccc4Sc4c3ccc3c4c4ccccc4n3-c3ccc4oc5ccccc5c4c3)c3ccccc32)cc1. The molecular weight excluding hydrogens is 665 g/mol. The van der Waals surface area contributed by atoms with Gasteiger partial charge in [0.05, 0.1) is 27.8 Å². The zero-order valence-electron chi connectivity index (χ0n) is 28.5. The molecule has 1 spiro atoms. The van der Waals surface area contributed by atoms with Crippen LogP contribution in [0.25, 0.3) is 49.4 Å². The van der Waals surface area contributed by atoms with Crippen LogP contribution in [0.3, 0.4) is 0 Å². The Hall–Kier alpha value is -6.49. The van der Waals surface area contributed by atoms with Crippen LogP contribution in [0.1, 0.15) is 22.3 Å². The molecule has 0 amide bonds. The standard InChI is InChI=1S/C49H30N2OS/c1-2-14-31(15-3-1)50-41-22-10-6-18-36(41)49(37-19-7-11-23-42(37)50)38-20-8-13-25-46(38)53-48-39(49)27-28-43-47(48)34-17-4-9-21-40(34)51(43)32-26-29-45-35(30-32)33-16-5-12-24-44(33)52-45/h1-30H. The Morgan fingerprint density at radius 2 is 1.08 bits per heavy atom. The average molecular weight is 695 g/mol. The normalized spacial score (nSPS) is 14.1. The van der Waals surface area contributed by atoms with Crippen molar-refractivity contribution in [2.24, 2.45) is 0 Å². The van der Waals surface area contributed by atoms with Gasteiger partial charge in [0.15, 0.2) is 0 Å². The molecular formula is C49H30N2OS. The van der Waals surface area contributed by atoms with Gasteiger partial charge in [0.25, 0.3) is 0 Å². The topological polar surface area (TPSA) is 21.3 Å².